The van der Waals surface area contributed by atoms with Crippen molar-refractivity contribution in [2.75, 3.05) is 6.54 Å². The van der Waals surface area contributed by atoms with Crippen molar-refractivity contribution in [3.05, 3.63) is 47.6 Å². The van der Waals surface area contributed by atoms with Gasteiger partial charge in [-0.3, -0.25) is 4.79 Å². The highest BCUT2D eigenvalue weighted by Crippen LogP contribution is 2.18. The van der Waals surface area contributed by atoms with Crippen LogP contribution in [0.3, 0.4) is 0 Å². The third-order valence-corrected chi connectivity index (χ3v) is 3.51. The first-order chi connectivity index (χ1) is 10.9. The van der Waals surface area contributed by atoms with Crippen LogP contribution in [0.15, 0.2) is 34.9 Å². The number of benzene rings is 1. The fraction of sp³-hybridized carbons (Fsp3) is 0.500. The van der Waals surface area contributed by atoms with Crippen LogP contribution >= 0.6 is 0 Å². The van der Waals surface area contributed by atoms with Crippen molar-refractivity contribution >= 4 is 5.91 Å². The van der Waals surface area contributed by atoms with E-state index in [-0.39, 0.29) is 11.3 Å². The van der Waals surface area contributed by atoms with Crippen molar-refractivity contribution in [2.45, 2.75) is 51.9 Å². The first kappa shape index (κ1) is 17.2. The summed E-state index contributed by atoms with van der Waals surface area (Å²) in [6, 6.07) is 10.1. The van der Waals surface area contributed by atoms with Crippen molar-refractivity contribution in [1.82, 2.24) is 15.5 Å². The Hall–Kier alpha value is -2.17. The van der Waals surface area contributed by atoms with Gasteiger partial charge < -0.3 is 9.84 Å². The molecule has 0 spiro atoms. The number of nitrogens with zero attached hydrogens (tertiary/aromatic N) is 2. The Labute approximate surface area is 137 Å². The average molecular weight is 315 g/mol. The minimum Gasteiger partial charge on any atom is -0.356 e. The zero-order valence-corrected chi connectivity index (χ0v) is 14.1. The van der Waals surface area contributed by atoms with Crippen LogP contribution in [0, 0.1) is 0 Å². The fourth-order valence-corrected chi connectivity index (χ4v) is 2.14. The summed E-state index contributed by atoms with van der Waals surface area (Å²) in [7, 11) is 0. The van der Waals surface area contributed by atoms with Gasteiger partial charge >= 0.3 is 0 Å². The van der Waals surface area contributed by atoms with E-state index in [1.54, 1.807) is 0 Å². The highest BCUT2D eigenvalue weighted by molar-refractivity contribution is 5.75. The van der Waals surface area contributed by atoms with Gasteiger partial charge in [0.05, 0.1) is 0 Å². The summed E-state index contributed by atoms with van der Waals surface area (Å²) in [4.78, 5) is 16.2. The number of amides is 1. The second-order valence-corrected chi connectivity index (χ2v) is 6.70. The molecule has 0 saturated carbocycles. The van der Waals surface area contributed by atoms with Gasteiger partial charge in [-0.2, -0.15) is 4.98 Å². The molecular formula is C18H25N3O2. The van der Waals surface area contributed by atoms with E-state index in [1.165, 1.54) is 5.56 Å². The molecule has 1 aromatic heterocycles. The summed E-state index contributed by atoms with van der Waals surface area (Å²) < 4.78 is 5.22. The van der Waals surface area contributed by atoms with E-state index in [1.807, 2.05) is 39.0 Å². The Kier molecular flexibility index (Phi) is 5.90. The van der Waals surface area contributed by atoms with Gasteiger partial charge in [-0.1, -0.05) is 56.3 Å². The van der Waals surface area contributed by atoms with E-state index >= 15 is 0 Å². The molecule has 1 N–H and O–H groups in total. The SMILES string of the molecule is CC(C)(C)c1noc(CCCC(=O)NCCc2ccccc2)n1. The second kappa shape index (κ2) is 7.90. The summed E-state index contributed by atoms with van der Waals surface area (Å²) in [5.41, 5.74) is 1.12. The smallest absolute Gasteiger partial charge is 0.226 e. The Morgan fingerprint density at radius 2 is 1.91 bits per heavy atom. The fourth-order valence-electron chi connectivity index (χ4n) is 2.14. The number of carbonyl (C=O) groups excluding carboxylic acids is 1. The predicted octanol–water partition coefficient (Wildman–Crippen LogP) is 3.05. The van der Waals surface area contributed by atoms with Crippen LogP contribution in [0.5, 0.6) is 0 Å². The molecule has 2 aromatic rings. The zero-order valence-electron chi connectivity index (χ0n) is 14.1. The third-order valence-electron chi connectivity index (χ3n) is 3.51. The van der Waals surface area contributed by atoms with Crippen LogP contribution in [0.25, 0.3) is 0 Å². The van der Waals surface area contributed by atoms with Crippen molar-refractivity contribution in [1.29, 1.82) is 0 Å². The number of rotatable bonds is 7. The summed E-state index contributed by atoms with van der Waals surface area (Å²) in [6.07, 6.45) is 2.67. The van der Waals surface area contributed by atoms with Crippen molar-refractivity contribution in [2.24, 2.45) is 0 Å². The van der Waals surface area contributed by atoms with Gasteiger partial charge in [0.15, 0.2) is 5.82 Å². The van der Waals surface area contributed by atoms with Gasteiger partial charge in [0.1, 0.15) is 0 Å². The molecule has 1 heterocycles. The van der Waals surface area contributed by atoms with Crippen LogP contribution < -0.4 is 5.32 Å². The van der Waals surface area contributed by atoms with Crippen molar-refractivity contribution in [3.8, 4) is 0 Å². The molecule has 0 unspecified atom stereocenters. The number of carbonyl (C=O) groups is 1. The lowest BCUT2D eigenvalue weighted by molar-refractivity contribution is -0.121. The lowest BCUT2D eigenvalue weighted by Gasteiger charge is -2.10. The maximum absolute atomic E-state index is 11.8. The van der Waals surface area contributed by atoms with Crippen molar-refractivity contribution in [3.63, 3.8) is 0 Å². The van der Waals surface area contributed by atoms with Gasteiger partial charge in [0, 0.05) is 24.8 Å². The summed E-state index contributed by atoms with van der Waals surface area (Å²) in [5.74, 6) is 1.38. The molecule has 0 radical (unpaired) electrons. The molecule has 0 aliphatic heterocycles. The molecule has 5 heteroatoms. The average Bonchev–Trinajstić information content (AvgIpc) is 2.97. The lowest BCUT2D eigenvalue weighted by atomic mass is 9.96. The monoisotopic (exact) mass is 315 g/mol. The van der Waals surface area contributed by atoms with Gasteiger partial charge in [-0.25, -0.2) is 0 Å². The summed E-state index contributed by atoms with van der Waals surface area (Å²) in [6.45, 7) is 6.79. The van der Waals surface area contributed by atoms with Crippen LogP contribution in [-0.2, 0) is 23.1 Å². The summed E-state index contributed by atoms with van der Waals surface area (Å²) >= 11 is 0. The molecule has 23 heavy (non-hydrogen) atoms. The maximum atomic E-state index is 11.8. The number of hydrogen-bond donors (Lipinski definition) is 1. The first-order valence-corrected chi connectivity index (χ1v) is 8.09. The van der Waals surface area contributed by atoms with Crippen LogP contribution in [0.1, 0.15) is 50.9 Å². The largest absolute Gasteiger partial charge is 0.356 e. The molecule has 0 fully saturated rings. The second-order valence-electron chi connectivity index (χ2n) is 6.70. The normalized spacial score (nSPS) is 11.4. The molecule has 124 valence electrons. The molecular weight excluding hydrogens is 290 g/mol. The van der Waals surface area contributed by atoms with Gasteiger partial charge in [0.2, 0.25) is 11.8 Å². The Bertz CT molecular complexity index is 615. The van der Waals surface area contributed by atoms with Crippen molar-refractivity contribution < 1.29 is 9.32 Å². The first-order valence-electron chi connectivity index (χ1n) is 8.09. The Morgan fingerprint density at radius 1 is 1.17 bits per heavy atom. The minimum absolute atomic E-state index is 0.0662. The maximum Gasteiger partial charge on any atom is 0.226 e. The van der Waals surface area contributed by atoms with Crippen LogP contribution in [0.4, 0.5) is 0 Å². The Morgan fingerprint density at radius 3 is 2.57 bits per heavy atom. The molecule has 2 rings (SSSR count). The van der Waals surface area contributed by atoms with E-state index in [9.17, 15) is 4.79 Å². The molecule has 0 atom stereocenters. The van der Waals surface area contributed by atoms with Gasteiger partial charge in [-0.15, -0.1) is 0 Å². The highest BCUT2D eigenvalue weighted by atomic mass is 16.5. The molecule has 0 saturated heterocycles. The number of nitrogens with one attached hydrogen (secondary N) is 1. The van der Waals surface area contributed by atoms with E-state index in [2.05, 4.69) is 27.6 Å². The highest BCUT2D eigenvalue weighted by Gasteiger charge is 2.20. The van der Waals surface area contributed by atoms with E-state index in [4.69, 9.17) is 4.52 Å². The molecule has 0 bridgehead atoms. The van der Waals surface area contributed by atoms with E-state index in [0.29, 0.717) is 37.5 Å². The number of hydrogen-bond acceptors (Lipinski definition) is 4. The van der Waals surface area contributed by atoms with Gasteiger partial charge in [0.25, 0.3) is 0 Å². The van der Waals surface area contributed by atoms with E-state index < -0.39 is 0 Å². The molecule has 5 nitrogen and oxygen atoms in total. The van der Waals surface area contributed by atoms with E-state index in [0.717, 1.165) is 6.42 Å². The van der Waals surface area contributed by atoms with Gasteiger partial charge in [-0.05, 0) is 18.4 Å². The summed E-state index contributed by atoms with van der Waals surface area (Å²) in [5, 5.41) is 6.92. The third kappa shape index (κ3) is 5.85. The number of aryl methyl sites for hydroxylation is 1. The molecule has 0 aliphatic rings. The minimum atomic E-state index is -0.115. The quantitative estimate of drug-likeness (QED) is 0.852. The molecule has 0 aliphatic carbocycles. The standard InChI is InChI=1S/C18H25N3O2/c1-18(2,3)17-20-16(23-21-17)11-7-10-15(22)19-13-12-14-8-5-4-6-9-14/h4-6,8-9H,7,10-13H2,1-3H3,(H,19,22). The van der Waals surface area contributed by atoms with Crippen LogP contribution in [-0.4, -0.2) is 22.6 Å². The molecule has 1 amide bonds. The molecule has 1 aromatic carbocycles. The van der Waals surface area contributed by atoms with Crippen LogP contribution in [0.2, 0.25) is 0 Å². The topological polar surface area (TPSA) is 68.0 Å². The number of aromatic nitrogens is 2. The lowest BCUT2D eigenvalue weighted by Crippen LogP contribution is -2.25. The zero-order chi connectivity index (χ0) is 16.7. The Balaban J connectivity index is 1.64. The predicted molar refractivity (Wildman–Crippen MR) is 89.1 cm³/mol.